The number of hydrogen-bond acceptors (Lipinski definition) is 4. The average molecular weight is 449 g/mol. The van der Waals surface area contributed by atoms with E-state index in [0.717, 1.165) is 19.3 Å². The van der Waals surface area contributed by atoms with Crippen molar-refractivity contribution in [2.45, 2.75) is 46.0 Å². The van der Waals surface area contributed by atoms with Crippen LogP contribution < -0.4 is 5.32 Å². The summed E-state index contributed by atoms with van der Waals surface area (Å²) >= 11 is 0. The van der Waals surface area contributed by atoms with E-state index in [1.165, 1.54) is 6.92 Å². The highest BCUT2D eigenvalue weighted by Crippen LogP contribution is 2.42. The zero-order valence-electron chi connectivity index (χ0n) is 18.2. The molecule has 0 fully saturated rings. The minimum absolute atomic E-state index is 0.0607. The smallest absolute Gasteiger partial charge is 0.356 e. The van der Waals surface area contributed by atoms with Crippen molar-refractivity contribution in [3.05, 3.63) is 52.3 Å². The topological polar surface area (TPSA) is 84.9 Å². The van der Waals surface area contributed by atoms with E-state index < -0.39 is 7.82 Å². The molecule has 1 atom stereocenters. The molecule has 1 unspecified atom stereocenters. The van der Waals surface area contributed by atoms with Crippen molar-refractivity contribution in [3.63, 3.8) is 0 Å². The van der Waals surface area contributed by atoms with E-state index in [1.54, 1.807) is 0 Å². The monoisotopic (exact) mass is 449 g/mol. The second-order valence-electron chi connectivity index (χ2n) is 5.78. The van der Waals surface area contributed by atoms with Crippen molar-refractivity contribution in [2.24, 2.45) is 0 Å². The van der Waals surface area contributed by atoms with Gasteiger partial charge < -0.3 is 9.84 Å². The molecule has 7 heteroatoms. The number of unbranched alkanes of at least 4 members (excludes halogenated alkanes) is 3. The molecule has 0 rings (SSSR count). The van der Waals surface area contributed by atoms with Gasteiger partial charge in [0, 0.05) is 25.3 Å². The lowest BCUT2D eigenvalue weighted by Crippen LogP contribution is -2.20. The highest BCUT2D eigenvalue weighted by molar-refractivity contribution is 7.47. The molecule has 0 heterocycles. The third-order valence-electron chi connectivity index (χ3n) is 3.22. The van der Waals surface area contributed by atoms with E-state index in [9.17, 15) is 14.3 Å². The van der Waals surface area contributed by atoms with E-state index in [-0.39, 0.29) is 12.5 Å². The Labute approximate surface area is 189 Å². The number of carbonyl (C=O) groups is 1. The number of amides is 1. The van der Waals surface area contributed by atoms with Crippen molar-refractivity contribution in [3.8, 4) is 35.7 Å². The van der Waals surface area contributed by atoms with E-state index >= 15 is 0 Å². The molecule has 164 valence electrons. The van der Waals surface area contributed by atoms with Gasteiger partial charge in [-0.2, -0.15) is 0 Å². The molecular weight excluding hydrogens is 425 g/mol. The molecule has 6 nitrogen and oxygen atoms in total. The Bertz CT molecular complexity index is 1150. The van der Waals surface area contributed by atoms with Crippen LogP contribution in [0.4, 0.5) is 0 Å². The van der Waals surface area contributed by atoms with E-state index in [2.05, 4.69) is 86.1 Å². The second-order valence-corrected chi connectivity index (χ2v) is 7.15. The highest BCUT2D eigenvalue weighted by Gasteiger charge is 2.20. The summed E-state index contributed by atoms with van der Waals surface area (Å²) in [7, 11) is -4.25. The lowest BCUT2D eigenvalue weighted by Gasteiger charge is -2.08. The zero-order chi connectivity index (χ0) is 23.9. The largest absolute Gasteiger partial charge is 0.535 e. The molecule has 0 saturated heterocycles. The predicted octanol–water partition coefficient (Wildman–Crippen LogP) is 3.84. The number of phosphoric acid groups is 1. The molecule has 0 saturated carbocycles. The van der Waals surface area contributed by atoms with Crippen LogP contribution >= 0.6 is 7.82 Å². The standard InChI is InChI=1S/C25H24NO5P/c1-4-6-7-8-9-14-19-25(5-2)20-15-10-12-17-22-30-32(28,29)31-23-18-13-11-16-21-26-24(3)27/h1,5,11,13,16,18,21,23H2,2-3H3,(H,26,27)(H,28,29). The molecule has 0 aromatic rings. The first-order valence-corrected chi connectivity index (χ1v) is 11.2. The van der Waals surface area contributed by atoms with Gasteiger partial charge in [-0.05, 0) is 78.0 Å². The molecule has 2 N–H and O–H groups in total. The van der Waals surface area contributed by atoms with Gasteiger partial charge in [0.2, 0.25) is 5.91 Å². The van der Waals surface area contributed by atoms with Gasteiger partial charge in [0.05, 0.1) is 12.2 Å². The van der Waals surface area contributed by atoms with Crippen molar-refractivity contribution in [2.75, 3.05) is 13.2 Å². The Morgan fingerprint density at radius 1 is 1.00 bits per heavy atom. The summed E-state index contributed by atoms with van der Waals surface area (Å²) in [4.78, 5) is 20.2. The van der Waals surface area contributed by atoms with E-state index in [0.29, 0.717) is 25.0 Å². The minimum Gasteiger partial charge on any atom is -0.356 e. The molecule has 0 aliphatic carbocycles. The van der Waals surface area contributed by atoms with Crippen LogP contribution in [0.25, 0.3) is 0 Å². The molecule has 0 radical (unpaired) electrons. The van der Waals surface area contributed by atoms with Crippen molar-refractivity contribution in [1.82, 2.24) is 5.32 Å². The summed E-state index contributed by atoms with van der Waals surface area (Å²) in [6.45, 7) is 7.36. The van der Waals surface area contributed by atoms with Gasteiger partial charge in [-0.25, -0.2) is 4.57 Å². The number of nitrogens with one attached hydrogen (secondary N) is 1. The summed E-state index contributed by atoms with van der Waals surface area (Å²) in [5.41, 5.74) is 18.5. The fourth-order valence-corrected chi connectivity index (χ4v) is 2.35. The van der Waals surface area contributed by atoms with Crippen molar-refractivity contribution in [1.29, 1.82) is 0 Å². The second kappa shape index (κ2) is 19.3. The molecule has 0 aromatic carbocycles. The van der Waals surface area contributed by atoms with Crippen LogP contribution in [0, 0.1) is 35.7 Å². The maximum Gasteiger partial charge on any atom is 0.535 e. The summed E-state index contributed by atoms with van der Waals surface area (Å²) in [5.74, 6) is 12.4. The molecule has 0 aromatic heterocycles. The van der Waals surface area contributed by atoms with Crippen LogP contribution in [0.3, 0.4) is 0 Å². The van der Waals surface area contributed by atoms with Crippen molar-refractivity contribution >= 4 is 13.7 Å². The molecule has 0 aliphatic rings. The Kier molecular flexibility index (Phi) is 17.0. The highest BCUT2D eigenvalue weighted by atomic mass is 31.2. The summed E-state index contributed by atoms with van der Waals surface area (Å²) in [5, 5.41) is 2.70. The van der Waals surface area contributed by atoms with Gasteiger partial charge in [-0.15, -0.1) is 0 Å². The summed E-state index contributed by atoms with van der Waals surface area (Å²) < 4.78 is 21.0. The third-order valence-corrected chi connectivity index (χ3v) is 4.05. The van der Waals surface area contributed by atoms with Gasteiger partial charge in [-0.1, -0.05) is 25.5 Å². The van der Waals surface area contributed by atoms with Crippen molar-refractivity contribution < 1.29 is 23.3 Å². The maximum atomic E-state index is 11.7. The van der Waals surface area contributed by atoms with Crippen LogP contribution in [0.15, 0.2) is 52.3 Å². The molecular formula is C25H24NO5P. The van der Waals surface area contributed by atoms with Crippen LogP contribution in [0.2, 0.25) is 0 Å². The van der Waals surface area contributed by atoms with Crippen LogP contribution in [-0.2, 0) is 18.4 Å². The fraction of sp³-hybridized carbons (Fsp3) is 0.360. The minimum atomic E-state index is -4.25. The first-order chi connectivity index (χ1) is 15.4. The van der Waals surface area contributed by atoms with Crippen LogP contribution in [0.5, 0.6) is 0 Å². The first-order valence-electron chi connectivity index (χ1n) is 9.71. The van der Waals surface area contributed by atoms with Gasteiger partial charge in [-0.3, -0.25) is 14.2 Å². The third kappa shape index (κ3) is 19.6. The SMILES string of the molecule is C=C=C=C=C=C=C=C=C(C#CC#CC#COP(=O)(O)OCCCCCCNC(C)=O)CC. The maximum absolute atomic E-state index is 11.7. The van der Waals surface area contributed by atoms with Crippen LogP contribution in [0.1, 0.15) is 46.0 Å². The first kappa shape index (κ1) is 28.3. The number of rotatable bonds is 10. The Morgan fingerprint density at radius 3 is 2.41 bits per heavy atom. The van der Waals surface area contributed by atoms with Gasteiger partial charge in [0.1, 0.15) is 6.11 Å². The zero-order valence-corrected chi connectivity index (χ0v) is 19.1. The van der Waals surface area contributed by atoms with Gasteiger partial charge >= 0.3 is 7.82 Å². The normalized spacial score (nSPS) is 9.72. The molecule has 1 amide bonds. The Hall–Kier alpha value is -3.70. The van der Waals surface area contributed by atoms with E-state index in [4.69, 9.17) is 4.52 Å². The number of allylic oxidation sites excluding steroid dienone is 1. The van der Waals surface area contributed by atoms with Gasteiger partial charge in [0.25, 0.3) is 0 Å². The molecule has 0 bridgehead atoms. The molecule has 32 heavy (non-hydrogen) atoms. The lowest BCUT2D eigenvalue weighted by molar-refractivity contribution is -0.118. The summed E-state index contributed by atoms with van der Waals surface area (Å²) in [6, 6.07) is 0. The molecule has 0 spiro atoms. The summed E-state index contributed by atoms with van der Waals surface area (Å²) in [6.07, 6.45) is 5.73. The lowest BCUT2D eigenvalue weighted by atomic mass is 10.2. The Balaban J connectivity index is 4.50. The quantitative estimate of drug-likeness (QED) is 0.229. The van der Waals surface area contributed by atoms with E-state index in [1.807, 2.05) is 13.0 Å². The number of hydrogen-bond donors (Lipinski definition) is 2. The predicted molar refractivity (Wildman–Crippen MR) is 121 cm³/mol. The van der Waals surface area contributed by atoms with Crippen LogP contribution in [-0.4, -0.2) is 24.0 Å². The fourth-order valence-electron chi connectivity index (χ4n) is 1.78. The number of carbonyl (C=O) groups excluding carboxylic acids is 1. The average Bonchev–Trinajstić information content (AvgIpc) is 2.75. The molecule has 0 aliphatic heterocycles. The van der Waals surface area contributed by atoms with Gasteiger partial charge in [0.15, 0.2) is 0 Å². The number of phosphoric ester groups is 1. The Morgan fingerprint density at radius 2 is 1.69 bits per heavy atom.